The number of ether oxygens (including phenoxy) is 2. The molecule has 0 amide bonds. The van der Waals surface area contributed by atoms with Gasteiger partial charge in [-0.2, -0.15) is 5.10 Å². The lowest BCUT2D eigenvalue weighted by Crippen LogP contribution is -2.14. The Morgan fingerprint density at radius 2 is 2.28 bits per heavy atom. The number of ketones is 1. The van der Waals surface area contributed by atoms with Crippen molar-refractivity contribution in [3.8, 4) is 0 Å². The quantitative estimate of drug-likeness (QED) is 0.518. The number of hydrogen-bond donors (Lipinski definition) is 0. The number of methoxy groups -OCH3 is 1. The van der Waals surface area contributed by atoms with Gasteiger partial charge in [0.1, 0.15) is 5.69 Å². The molecule has 0 aliphatic heterocycles. The zero-order valence-corrected chi connectivity index (χ0v) is 12.4. The predicted octanol–water partition coefficient (Wildman–Crippen LogP) is 2.29. The van der Waals surface area contributed by atoms with E-state index in [2.05, 4.69) is 21.0 Å². The summed E-state index contributed by atoms with van der Waals surface area (Å²) in [5.41, 5.74) is 0.614. The number of rotatable bonds is 9. The Hall–Kier alpha value is -0.720. The summed E-state index contributed by atoms with van der Waals surface area (Å²) in [7, 11) is 1.63. The van der Waals surface area contributed by atoms with E-state index in [9.17, 15) is 4.79 Å². The summed E-state index contributed by atoms with van der Waals surface area (Å²) in [6.07, 6.45) is 2.84. The Balaban J connectivity index is 2.57. The summed E-state index contributed by atoms with van der Waals surface area (Å²) in [6, 6.07) is 0. The molecule has 1 aromatic heterocycles. The molecule has 0 atom stereocenters. The molecule has 0 N–H and O–H groups in total. The van der Waals surface area contributed by atoms with E-state index in [1.54, 1.807) is 18.0 Å². The summed E-state index contributed by atoms with van der Waals surface area (Å²) in [5, 5.41) is 4.16. The molecule has 18 heavy (non-hydrogen) atoms. The molecule has 0 unspecified atom stereocenters. The molecule has 102 valence electrons. The normalized spacial score (nSPS) is 10.8. The second-order valence-corrected chi connectivity index (χ2v) is 4.64. The highest BCUT2D eigenvalue weighted by Gasteiger charge is 2.16. The fourth-order valence-electron chi connectivity index (χ4n) is 1.58. The minimum absolute atomic E-state index is 0.0789. The van der Waals surface area contributed by atoms with Gasteiger partial charge in [0.15, 0.2) is 5.78 Å². The van der Waals surface area contributed by atoms with Gasteiger partial charge in [0.25, 0.3) is 0 Å². The average molecular weight is 319 g/mol. The van der Waals surface area contributed by atoms with Gasteiger partial charge in [-0.05, 0) is 29.3 Å². The van der Waals surface area contributed by atoms with Crippen molar-refractivity contribution in [3.63, 3.8) is 0 Å². The number of hydrogen-bond acceptors (Lipinski definition) is 4. The molecule has 0 radical (unpaired) electrons. The Bertz CT molecular complexity index is 379. The molecule has 1 heterocycles. The third kappa shape index (κ3) is 4.51. The maximum atomic E-state index is 12.1. The molecule has 0 aliphatic carbocycles. The van der Waals surface area contributed by atoms with Gasteiger partial charge in [0, 0.05) is 26.7 Å². The van der Waals surface area contributed by atoms with E-state index in [-0.39, 0.29) is 5.78 Å². The van der Waals surface area contributed by atoms with Gasteiger partial charge in [-0.1, -0.05) is 0 Å². The Morgan fingerprint density at radius 1 is 1.50 bits per heavy atom. The largest absolute Gasteiger partial charge is 0.383 e. The third-order valence-corrected chi connectivity index (χ3v) is 3.04. The lowest BCUT2D eigenvalue weighted by Gasteiger charge is -2.07. The van der Waals surface area contributed by atoms with Crippen molar-refractivity contribution in [2.24, 2.45) is 0 Å². The van der Waals surface area contributed by atoms with Crippen LogP contribution >= 0.6 is 15.9 Å². The highest BCUT2D eigenvalue weighted by Crippen LogP contribution is 2.18. The monoisotopic (exact) mass is 318 g/mol. The van der Waals surface area contributed by atoms with Crippen molar-refractivity contribution in [2.75, 3.05) is 26.9 Å². The van der Waals surface area contributed by atoms with E-state index in [4.69, 9.17) is 9.47 Å². The Labute approximate surface area is 116 Å². The van der Waals surface area contributed by atoms with E-state index in [1.807, 2.05) is 6.92 Å². The topological polar surface area (TPSA) is 53.3 Å². The summed E-state index contributed by atoms with van der Waals surface area (Å²) < 4.78 is 12.6. The number of carbonyl (C=O) groups excluding carboxylic acids is 1. The first-order valence-electron chi connectivity index (χ1n) is 6.01. The van der Waals surface area contributed by atoms with Crippen LogP contribution in [0.2, 0.25) is 0 Å². The maximum absolute atomic E-state index is 12.1. The van der Waals surface area contributed by atoms with Gasteiger partial charge in [-0.25, -0.2) is 0 Å². The van der Waals surface area contributed by atoms with Crippen molar-refractivity contribution in [3.05, 3.63) is 16.4 Å². The highest BCUT2D eigenvalue weighted by atomic mass is 79.9. The molecule has 0 bridgehead atoms. The van der Waals surface area contributed by atoms with Crippen LogP contribution in [-0.4, -0.2) is 42.5 Å². The van der Waals surface area contributed by atoms with E-state index in [0.717, 1.165) is 10.9 Å². The maximum Gasteiger partial charge on any atom is 0.182 e. The second kappa shape index (κ2) is 8.39. The molecule has 0 aromatic carbocycles. The first kappa shape index (κ1) is 15.3. The molecule has 1 rings (SSSR count). The zero-order valence-electron chi connectivity index (χ0n) is 10.8. The molecule has 0 saturated carbocycles. The minimum atomic E-state index is 0.0789. The van der Waals surface area contributed by atoms with Gasteiger partial charge in [0.2, 0.25) is 0 Å². The molecule has 0 aliphatic rings. The van der Waals surface area contributed by atoms with Gasteiger partial charge >= 0.3 is 0 Å². The van der Waals surface area contributed by atoms with Gasteiger partial charge in [0.05, 0.1) is 23.8 Å². The zero-order chi connectivity index (χ0) is 13.4. The lowest BCUT2D eigenvalue weighted by molar-refractivity contribution is 0.0933. The standard InChI is InChI=1S/C12H19BrN2O3/c1-3-18-7-4-5-11(16)12-10(13)9-14-15(12)6-8-17-2/h9H,3-8H2,1-2H3. The fourth-order valence-corrected chi connectivity index (χ4v) is 2.10. The second-order valence-electron chi connectivity index (χ2n) is 3.78. The Morgan fingerprint density at radius 3 is 2.94 bits per heavy atom. The molecule has 0 fully saturated rings. The minimum Gasteiger partial charge on any atom is -0.383 e. The van der Waals surface area contributed by atoms with Crippen LogP contribution in [0, 0.1) is 0 Å². The molecule has 5 nitrogen and oxygen atoms in total. The van der Waals surface area contributed by atoms with E-state index < -0.39 is 0 Å². The number of Topliss-reactive ketones (excluding diaryl/α,β-unsaturated/α-hetero) is 1. The predicted molar refractivity (Wildman–Crippen MR) is 71.9 cm³/mol. The average Bonchev–Trinajstić information content (AvgIpc) is 2.73. The van der Waals surface area contributed by atoms with Crippen LogP contribution in [0.15, 0.2) is 10.7 Å². The lowest BCUT2D eigenvalue weighted by atomic mass is 10.2. The number of aromatic nitrogens is 2. The van der Waals surface area contributed by atoms with Crippen molar-refractivity contribution in [1.82, 2.24) is 9.78 Å². The summed E-state index contributed by atoms with van der Waals surface area (Å²) in [5.74, 6) is 0.0789. The van der Waals surface area contributed by atoms with Crippen molar-refractivity contribution in [2.45, 2.75) is 26.3 Å². The first-order valence-corrected chi connectivity index (χ1v) is 6.81. The van der Waals surface area contributed by atoms with Crippen LogP contribution in [-0.2, 0) is 16.0 Å². The van der Waals surface area contributed by atoms with Gasteiger partial charge < -0.3 is 9.47 Å². The van der Waals surface area contributed by atoms with Gasteiger partial charge in [-0.15, -0.1) is 0 Å². The van der Waals surface area contributed by atoms with E-state index in [1.165, 1.54) is 0 Å². The van der Waals surface area contributed by atoms with E-state index >= 15 is 0 Å². The van der Waals surface area contributed by atoms with E-state index in [0.29, 0.717) is 38.5 Å². The summed E-state index contributed by atoms with van der Waals surface area (Å²) >= 11 is 3.36. The summed E-state index contributed by atoms with van der Waals surface area (Å²) in [4.78, 5) is 12.1. The number of halogens is 1. The van der Waals surface area contributed by atoms with Crippen LogP contribution in [0.3, 0.4) is 0 Å². The van der Waals surface area contributed by atoms with Gasteiger partial charge in [-0.3, -0.25) is 9.48 Å². The highest BCUT2D eigenvalue weighted by molar-refractivity contribution is 9.10. The van der Waals surface area contributed by atoms with Crippen LogP contribution in [0.1, 0.15) is 30.3 Å². The molecule has 6 heteroatoms. The van der Waals surface area contributed by atoms with Crippen molar-refractivity contribution >= 4 is 21.7 Å². The number of nitrogens with zero attached hydrogens (tertiary/aromatic N) is 2. The van der Waals surface area contributed by atoms with Crippen LogP contribution in [0.25, 0.3) is 0 Å². The SMILES string of the molecule is CCOCCCC(=O)c1c(Br)cnn1CCOC. The number of carbonyl (C=O) groups is 1. The van der Waals surface area contributed by atoms with Crippen LogP contribution in [0.4, 0.5) is 0 Å². The molecule has 0 spiro atoms. The molecular weight excluding hydrogens is 300 g/mol. The smallest absolute Gasteiger partial charge is 0.182 e. The fraction of sp³-hybridized carbons (Fsp3) is 0.667. The van der Waals surface area contributed by atoms with Crippen LogP contribution in [0.5, 0.6) is 0 Å². The first-order chi connectivity index (χ1) is 8.70. The molecular formula is C12H19BrN2O3. The summed E-state index contributed by atoms with van der Waals surface area (Å²) in [6.45, 7) is 4.36. The van der Waals surface area contributed by atoms with Crippen molar-refractivity contribution < 1.29 is 14.3 Å². The van der Waals surface area contributed by atoms with Crippen molar-refractivity contribution in [1.29, 1.82) is 0 Å². The Kier molecular flexibility index (Phi) is 7.15. The van der Waals surface area contributed by atoms with Crippen LogP contribution < -0.4 is 0 Å². The molecule has 1 aromatic rings. The molecule has 0 saturated heterocycles. The third-order valence-electron chi connectivity index (χ3n) is 2.46.